The molecule has 1 aromatic carbocycles. The van der Waals surface area contributed by atoms with Crippen LogP contribution in [0.25, 0.3) is 0 Å². The minimum Gasteiger partial charge on any atom is -0.255 e. The summed E-state index contributed by atoms with van der Waals surface area (Å²) < 4.78 is 2.09. The van der Waals surface area contributed by atoms with Crippen LogP contribution in [0.3, 0.4) is 0 Å². The molecule has 25 heavy (non-hydrogen) atoms. The van der Waals surface area contributed by atoms with Crippen LogP contribution in [0.4, 0.5) is 0 Å². The molecule has 1 nitrogen and oxygen atoms in total. The summed E-state index contributed by atoms with van der Waals surface area (Å²) in [5, 5.41) is 1.54. The average Bonchev–Trinajstić information content (AvgIpc) is 2.47. The van der Waals surface area contributed by atoms with Crippen LogP contribution in [-0.2, 0) is 0 Å². The molecule has 136 valence electrons. The maximum absolute atomic E-state index is 4.33. The van der Waals surface area contributed by atoms with Crippen LogP contribution in [0, 0.1) is 18.9 Å². The molecule has 0 fully saturated rings. The fourth-order valence-corrected chi connectivity index (χ4v) is 5.16. The predicted octanol–water partition coefficient (Wildman–Crippen LogP) is 6.46. The summed E-state index contributed by atoms with van der Waals surface area (Å²) in [6, 6.07) is 8.09. The van der Waals surface area contributed by atoms with Gasteiger partial charge in [0.15, 0.2) is 0 Å². The van der Waals surface area contributed by atoms with Gasteiger partial charge in [0.05, 0.1) is 14.8 Å². The molecule has 0 amide bonds. The highest BCUT2D eigenvalue weighted by Gasteiger charge is 2.29. The molecular formula is C23H35NSi. The lowest BCUT2D eigenvalue weighted by atomic mass is 9.91. The fourth-order valence-electron chi connectivity index (χ4n) is 3.48. The molecule has 0 radical (unpaired) electrons. The molecule has 0 bridgehead atoms. The van der Waals surface area contributed by atoms with Crippen molar-refractivity contribution < 1.29 is 4.58 Å². The van der Waals surface area contributed by atoms with Gasteiger partial charge in [0.25, 0.3) is 0 Å². The highest BCUT2D eigenvalue weighted by atomic mass is 28.3. The second kappa shape index (κ2) is 7.37. The Hall–Kier alpha value is -1.54. The van der Waals surface area contributed by atoms with E-state index in [-0.39, 0.29) is 0 Å². The largest absolute Gasteiger partial charge is 0.255 e. The molecule has 0 aliphatic carbocycles. The van der Waals surface area contributed by atoms with E-state index in [1.165, 1.54) is 33.5 Å². The SMILES string of the molecule is C=[N+]1C=C([Si](C)(C)C)C(CC(C)C)=C[C-]1c1ccc(C(C)C)cc1C. The number of benzene rings is 1. The molecule has 1 aliphatic heterocycles. The van der Waals surface area contributed by atoms with Gasteiger partial charge in [-0.2, -0.15) is 0 Å². The first kappa shape index (κ1) is 19.8. The lowest BCUT2D eigenvalue weighted by Crippen LogP contribution is -2.31. The van der Waals surface area contributed by atoms with Gasteiger partial charge in [-0.1, -0.05) is 83.1 Å². The number of aryl methyl sites for hydroxylation is 1. The van der Waals surface area contributed by atoms with Gasteiger partial charge in [0.1, 0.15) is 12.2 Å². The van der Waals surface area contributed by atoms with Gasteiger partial charge in [0.2, 0.25) is 0 Å². The Balaban J connectivity index is 2.48. The van der Waals surface area contributed by atoms with Crippen molar-refractivity contribution in [3.63, 3.8) is 0 Å². The Bertz CT molecular complexity index is 714. The third kappa shape index (κ3) is 4.55. The summed E-state index contributed by atoms with van der Waals surface area (Å²) in [7, 11) is -1.40. The van der Waals surface area contributed by atoms with Crippen LogP contribution in [-0.4, -0.2) is 19.4 Å². The normalized spacial score (nSPS) is 15.8. The van der Waals surface area contributed by atoms with Crippen molar-refractivity contribution in [1.29, 1.82) is 0 Å². The molecule has 0 spiro atoms. The summed E-state index contributed by atoms with van der Waals surface area (Å²) in [6.07, 6.45) is 5.84. The standard InChI is InChI=1S/C23H35NSi/c1-16(2)12-20-14-22(24(6)15-23(20)25(7,8)9)21-11-10-19(17(3)4)13-18(21)5/h10-11,13-17H,6,12H2,1-5,7-9H3. The first-order valence-electron chi connectivity index (χ1n) is 9.51. The van der Waals surface area contributed by atoms with Crippen LogP contribution >= 0.6 is 0 Å². The molecule has 0 atom stereocenters. The summed E-state index contributed by atoms with van der Waals surface area (Å²) in [6.45, 7) is 22.9. The van der Waals surface area contributed by atoms with Gasteiger partial charge < -0.3 is 0 Å². The highest BCUT2D eigenvalue weighted by Crippen LogP contribution is 2.36. The van der Waals surface area contributed by atoms with E-state index in [1.807, 2.05) is 0 Å². The Morgan fingerprint density at radius 1 is 1.12 bits per heavy atom. The van der Waals surface area contributed by atoms with E-state index in [0.29, 0.717) is 11.8 Å². The van der Waals surface area contributed by atoms with Gasteiger partial charge in [0, 0.05) is 0 Å². The number of allylic oxidation sites excluding steroid dienone is 2. The zero-order chi connectivity index (χ0) is 18.9. The van der Waals surface area contributed by atoms with Gasteiger partial charge in [-0.3, -0.25) is 4.58 Å². The fraction of sp³-hybridized carbons (Fsp3) is 0.478. The number of hydrogen-bond acceptors (Lipinski definition) is 0. The molecule has 0 unspecified atom stereocenters. The van der Waals surface area contributed by atoms with Crippen LogP contribution in [0.5, 0.6) is 0 Å². The second-order valence-electron chi connectivity index (χ2n) is 9.14. The van der Waals surface area contributed by atoms with Crippen molar-refractivity contribution in [2.24, 2.45) is 5.92 Å². The van der Waals surface area contributed by atoms with Gasteiger partial charge in [-0.05, 0) is 35.1 Å². The van der Waals surface area contributed by atoms with Crippen molar-refractivity contribution >= 4 is 14.8 Å². The average molecular weight is 354 g/mol. The molecular weight excluding hydrogens is 318 g/mol. The van der Waals surface area contributed by atoms with Crippen LogP contribution < -0.4 is 0 Å². The van der Waals surface area contributed by atoms with Crippen LogP contribution in [0.1, 0.15) is 56.7 Å². The molecule has 0 N–H and O–H groups in total. The van der Waals surface area contributed by atoms with Crippen molar-refractivity contribution in [1.82, 2.24) is 0 Å². The Kier molecular flexibility index (Phi) is 5.83. The lowest BCUT2D eigenvalue weighted by molar-refractivity contribution is -0.418. The summed E-state index contributed by atoms with van der Waals surface area (Å²) in [5.74, 6) is 1.22. The van der Waals surface area contributed by atoms with Crippen molar-refractivity contribution in [2.75, 3.05) is 0 Å². The molecule has 0 saturated carbocycles. The van der Waals surface area contributed by atoms with E-state index in [9.17, 15) is 0 Å². The van der Waals surface area contributed by atoms with Crippen molar-refractivity contribution in [2.45, 2.75) is 66.6 Å². The summed E-state index contributed by atoms with van der Waals surface area (Å²) in [4.78, 5) is 0. The van der Waals surface area contributed by atoms with E-state index < -0.39 is 8.07 Å². The molecule has 1 aromatic rings. The first-order chi connectivity index (χ1) is 11.5. The van der Waals surface area contributed by atoms with Gasteiger partial charge in [-0.25, -0.2) is 0 Å². The monoisotopic (exact) mass is 353 g/mol. The van der Waals surface area contributed by atoms with Gasteiger partial charge >= 0.3 is 0 Å². The number of nitrogens with zero attached hydrogens (tertiary/aromatic N) is 1. The topological polar surface area (TPSA) is 3.01 Å². The molecule has 2 rings (SSSR count). The predicted molar refractivity (Wildman–Crippen MR) is 114 cm³/mol. The van der Waals surface area contributed by atoms with E-state index in [4.69, 9.17) is 0 Å². The Morgan fingerprint density at radius 2 is 1.76 bits per heavy atom. The Labute approximate surface area is 156 Å². The Morgan fingerprint density at radius 3 is 2.24 bits per heavy atom. The minimum absolute atomic E-state index is 0.561. The zero-order valence-electron chi connectivity index (χ0n) is 17.4. The molecule has 0 aromatic heterocycles. The molecule has 1 heterocycles. The number of rotatable bonds is 5. The van der Waals surface area contributed by atoms with E-state index in [0.717, 1.165) is 6.42 Å². The highest BCUT2D eigenvalue weighted by molar-refractivity contribution is 6.84. The van der Waals surface area contributed by atoms with Crippen molar-refractivity contribution in [3.8, 4) is 0 Å². The minimum atomic E-state index is -1.40. The van der Waals surface area contributed by atoms with Crippen LogP contribution in [0.15, 0.2) is 41.2 Å². The zero-order valence-corrected chi connectivity index (χ0v) is 18.4. The molecule has 1 aliphatic rings. The van der Waals surface area contributed by atoms with Crippen LogP contribution in [0.2, 0.25) is 19.6 Å². The lowest BCUT2D eigenvalue weighted by Gasteiger charge is -2.32. The third-order valence-corrected chi connectivity index (χ3v) is 6.95. The van der Waals surface area contributed by atoms with E-state index in [2.05, 4.69) is 96.0 Å². The third-order valence-electron chi connectivity index (χ3n) is 4.88. The second-order valence-corrected chi connectivity index (χ2v) is 14.2. The maximum Gasteiger partial charge on any atom is 0.147 e. The number of hydrogen-bond donors (Lipinski definition) is 0. The maximum atomic E-state index is 4.33. The smallest absolute Gasteiger partial charge is 0.147 e. The summed E-state index contributed by atoms with van der Waals surface area (Å²) >= 11 is 0. The van der Waals surface area contributed by atoms with Crippen molar-refractivity contribution in [3.05, 3.63) is 64.0 Å². The molecule has 2 heteroatoms. The van der Waals surface area contributed by atoms with E-state index >= 15 is 0 Å². The van der Waals surface area contributed by atoms with E-state index in [1.54, 1.807) is 0 Å². The molecule has 0 saturated heterocycles. The first-order valence-corrected chi connectivity index (χ1v) is 13.0. The van der Waals surface area contributed by atoms with Gasteiger partial charge in [-0.15, -0.1) is 6.07 Å². The quantitative estimate of drug-likeness (QED) is 0.325. The summed E-state index contributed by atoms with van der Waals surface area (Å²) in [5.41, 5.74) is 5.54.